The zero-order chi connectivity index (χ0) is 12.3. The molecule has 0 aromatic carbocycles. The SMILES string of the molecule is CCOC(=O)[C@H]1[C@H](C(C)CC)NO[C@@]1(C)O. The fourth-order valence-electron chi connectivity index (χ4n) is 1.95. The third kappa shape index (κ3) is 2.53. The van der Waals surface area contributed by atoms with Crippen LogP contribution in [-0.2, 0) is 14.4 Å². The van der Waals surface area contributed by atoms with Crippen LogP contribution >= 0.6 is 0 Å². The summed E-state index contributed by atoms with van der Waals surface area (Å²) in [6.45, 7) is 7.56. The Bertz CT molecular complexity index is 254. The monoisotopic (exact) mass is 231 g/mol. The summed E-state index contributed by atoms with van der Waals surface area (Å²) in [5, 5.41) is 9.98. The fourth-order valence-corrected chi connectivity index (χ4v) is 1.95. The van der Waals surface area contributed by atoms with Crippen molar-refractivity contribution in [2.75, 3.05) is 6.61 Å². The molecule has 1 aliphatic heterocycles. The lowest BCUT2D eigenvalue weighted by Crippen LogP contribution is -2.44. The van der Waals surface area contributed by atoms with Crippen molar-refractivity contribution in [1.82, 2.24) is 5.48 Å². The lowest BCUT2D eigenvalue weighted by atomic mass is 9.84. The zero-order valence-corrected chi connectivity index (χ0v) is 10.3. The number of hydrogen-bond donors (Lipinski definition) is 2. The molecule has 4 atom stereocenters. The highest BCUT2D eigenvalue weighted by Crippen LogP contribution is 2.33. The highest BCUT2D eigenvalue weighted by molar-refractivity contribution is 5.74. The average Bonchev–Trinajstić information content (AvgIpc) is 2.53. The summed E-state index contributed by atoms with van der Waals surface area (Å²) < 4.78 is 4.97. The first-order valence-electron chi connectivity index (χ1n) is 5.76. The van der Waals surface area contributed by atoms with Gasteiger partial charge in [0, 0.05) is 0 Å². The smallest absolute Gasteiger partial charge is 0.316 e. The molecule has 5 heteroatoms. The van der Waals surface area contributed by atoms with Crippen molar-refractivity contribution in [3.63, 3.8) is 0 Å². The lowest BCUT2D eigenvalue weighted by molar-refractivity contribution is -0.213. The number of carbonyl (C=O) groups excluding carboxylic acids is 1. The van der Waals surface area contributed by atoms with Crippen LogP contribution in [0.15, 0.2) is 0 Å². The van der Waals surface area contributed by atoms with Gasteiger partial charge >= 0.3 is 5.97 Å². The summed E-state index contributed by atoms with van der Waals surface area (Å²) in [6.07, 6.45) is 0.896. The third-order valence-electron chi connectivity index (χ3n) is 3.14. The Morgan fingerprint density at radius 2 is 2.25 bits per heavy atom. The topological polar surface area (TPSA) is 67.8 Å². The Kier molecular flexibility index (Phi) is 4.29. The van der Waals surface area contributed by atoms with E-state index in [1.54, 1.807) is 6.92 Å². The Hall–Kier alpha value is -0.650. The van der Waals surface area contributed by atoms with Gasteiger partial charge in [-0.05, 0) is 19.8 Å². The maximum absolute atomic E-state index is 11.8. The molecule has 5 nitrogen and oxygen atoms in total. The van der Waals surface area contributed by atoms with E-state index < -0.39 is 17.7 Å². The predicted octanol–water partition coefficient (Wildman–Crippen LogP) is 0.824. The van der Waals surface area contributed by atoms with Crippen molar-refractivity contribution in [1.29, 1.82) is 0 Å². The van der Waals surface area contributed by atoms with Crippen LogP contribution in [-0.4, -0.2) is 29.5 Å². The van der Waals surface area contributed by atoms with Crippen LogP contribution in [0.1, 0.15) is 34.1 Å². The molecule has 94 valence electrons. The van der Waals surface area contributed by atoms with E-state index in [0.29, 0.717) is 6.61 Å². The molecule has 1 aliphatic rings. The molecule has 0 aromatic rings. The maximum Gasteiger partial charge on any atom is 0.316 e. The van der Waals surface area contributed by atoms with Gasteiger partial charge in [-0.3, -0.25) is 9.63 Å². The second-order valence-electron chi connectivity index (χ2n) is 4.42. The first kappa shape index (κ1) is 13.4. The highest BCUT2D eigenvalue weighted by Gasteiger charge is 2.52. The van der Waals surface area contributed by atoms with E-state index in [1.165, 1.54) is 6.92 Å². The first-order chi connectivity index (χ1) is 7.44. The predicted molar refractivity (Wildman–Crippen MR) is 58.2 cm³/mol. The zero-order valence-electron chi connectivity index (χ0n) is 10.3. The molecule has 1 unspecified atom stereocenters. The van der Waals surface area contributed by atoms with Gasteiger partial charge in [-0.25, -0.2) is 0 Å². The molecule has 0 saturated carbocycles. The number of ether oxygens (including phenoxy) is 1. The van der Waals surface area contributed by atoms with Crippen LogP contribution < -0.4 is 5.48 Å². The fraction of sp³-hybridized carbons (Fsp3) is 0.909. The number of esters is 1. The first-order valence-corrected chi connectivity index (χ1v) is 5.76. The van der Waals surface area contributed by atoms with Crippen LogP contribution in [0.25, 0.3) is 0 Å². The Morgan fingerprint density at radius 1 is 1.62 bits per heavy atom. The summed E-state index contributed by atoms with van der Waals surface area (Å²) >= 11 is 0. The number of rotatable bonds is 4. The molecule has 0 spiro atoms. The maximum atomic E-state index is 11.8. The molecular formula is C11H21NO4. The van der Waals surface area contributed by atoms with Gasteiger partial charge in [0.05, 0.1) is 12.6 Å². The van der Waals surface area contributed by atoms with Crippen LogP contribution in [0.2, 0.25) is 0 Å². The minimum absolute atomic E-state index is 0.209. The number of carbonyl (C=O) groups is 1. The van der Waals surface area contributed by atoms with Gasteiger partial charge in [0.2, 0.25) is 0 Å². The Morgan fingerprint density at radius 3 is 2.75 bits per heavy atom. The van der Waals surface area contributed by atoms with Gasteiger partial charge in [0.1, 0.15) is 5.92 Å². The molecule has 0 amide bonds. The van der Waals surface area contributed by atoms with Crippen molar-refractivity contribution in [2.45, 2.75) is 45.9 Å². The molecular weight excluding hydrogens is 210 g/mol. The molecule has 0 bridgehead atoms. The van der Waals surface area contributed by atoms with E-state index in [0.717, 1.165) is 6.42 Å². The van der Waals surface area contributed by atoms with Gasteiger partial charge in [0.15, 0.2) is 5.79 Å². The van der Waals surface area contributed by atoms with E-state index in [2.05, 4.69) is 5.48 Å². The molecule has 1 fully saturated rings. The molecule has 0 radical (unpaired) electrons. The molecule has 0 aliphatic carbocycles. The minimum Gasteiger partial charge on any atom is -0.466 e. The van der Waals surface area contributed by atoms with Gasteiger partial charge in [-0.1, -0.05) is 20.3 Å². The van der Waals surface area contributed by atoms with Gasteiger partial charge in [-0.15, -0.1) is 0 Å². The number of hydroxylamine groups is 1. The summed E-state index contributed by atoms with van der Waals surface area (Å²) in [5.74, 6) is -2.37. The third-order valence-corrected chi connectivity index (χ3v) is 3.14. The quantitative estimate of drug-likeness (QED) is 0.701. The number of aliphatic hydroxyl groups is 1. The summed E-state index contributed by atoms with van der Waals surface area (Å²) in [4.78, 5) is 16.9. The largest absolute Gasteiger partial charge is 0.466 e. The summed E-state index contributed by atoms with van der Waals surface area (Å²) in [5.41, 5.74) is 2.74. The van der Waals surface area contributed by atoms with Crippen molar-refractivity contribution in [3.05, 3.63) is 0 Å². The molecule has 16 heavy (non-hydrogen) atoms. The van der Waals surface area contributed by atoms with E-state index in [-0.39, 0.29) is 12.0 Å². The highest BCUT2D eigenvalue weighted by atomic mass is 16.8. The molecule has 0 aromatic heterocycles. The average molecular weight is 231 g/mol. The van der Waals surface area contributed by atoms with Gasteiger partial charge in [-0.2, -0.15) is 5.48 Å². The molecule has 2 N–H and O–H groups in total. The Balaban J connectivity index is 2.83. The lowest BCUT2D eigenvalue weighted by Gasteiger charge is -2.26. The van der Waals surface area contributed by atoms with E-state index in [1.807, 2.05) is 13.8 Å². The number of hydrogen-bond acceptors (Lipinski definition) is 5. The van der Waals surface area contributed by atoms with E-state index >= 15 is 0 Å². The Labute approximate surface area is 96.1 Å². The molecule has 1 heterocycles. The number of nitrogens with one attached hydrogen (secondary N) is 1. The minimum atomic E-state index is -1.50. The van der Waals surface area contributed by atoms with Crippen molar-refractivity contribution in [2.24, 2.45) is 11.8 Å². The normalized spacial score (nSPS) is 36.1. The van der Waals surface area contributed by atoms with E-state index in [9.17, 15) is 9.90 Å². The molecule has 1 saturated heterocycles. The summed E-state index contributed by atoms with van der Waals surface area (Å²) in [6, 6.07) is -0.209. The van der Waals surface area contributed by atoms with Crippen LogP contribution in [0.5, 0.6) is 0 Å². The van der Waals surface area contributed by atoms with Crippen molar-refractivity contribution < 1.29 is 19.5 Å². The van der Waals surface area contributed by atoms with Crippen LogP contribution in [0, 0.1) is 11.8 Å². The second kappa shape index (κ2) is 5.12. The molecule has 1 rings (SSSR count). The van der Waals surface area contributed by atoms with Crippen molar-refractivity contribution >= 4 is 5.97 Å². The van der Waals surface area contributed by atoms with Gasteiger partial charge < -0.3 is 9.84 Å². The summed E-state index contributed by atoms with van der Waals surface area (Å²) in [7, 11) is 0. The van der Waals surface area contributed by atoms with Crippen molar-refractivity contribution in [3.8, 4) is 0 Å². The van der Waals surface area contributed by atoms with Gasteiger partial charge in [0.25, 0.3) is 0 Å². The van der Waals surface area contributed by atoms with E-state index in [4.69, 9.17) is 9.57 Å². The standard InChI is InChI=1S/C11H21NO4/c1-5-7(3)9-8(10(13)15-6-2)11(4,14)16-12-9/h7-9,12,14H,5-6H2,1-4H3/t7?,8-,9+,11-/m1/s1. The second-order valence-corrected chi connectivity index (χ2v) is 4.42. The van der Waals surface area contributed by atoms with Crippen LogP contribution in [0.3, 0.4) is 0 Å². The van der Waals surface area contributed by atoms with Crippen LogP contribution in [0.4, 0.5) is 0 Å².